The highest BCUT2D eigenvalue weighted by atomic mass is 16.4. The molecular formula is C7H11NO3. The molecule has 0 aromatic rings. The molecule has 0 saturated carbocycles. The third-order valence-electron chi connectivity index (χ3n) is 1.76. The van der Waals surface area contributed by atoms with Crippen LogP contribution in [-0.2, 0) is 4.79 Å². The van der Waals surface area contributed by atoms with Crippen molar-refractivity contribution in [3.63, 3.8) is 0 Å². The number of hydrogen-bond donors (Lipinski definition) is 3. The number of carboxylic acid groups (broad SMARTS) is 1. The molecule has 0 spiro atoms. The van der Waals surface area contributed by atoms with Gasteiger partial charge in [-0.2, -0.15) is 0 Å². The van der Waals surface area contributed by atoms with Crippen molar-refractivity contribution >= 4 is 5.97 Å². The first-order valence-corrected chi connectivity index (χ1v) is 3.49. The van der Waals surface area contributed by atoms with Gasteiger partial charge in [-0.15, -0.1) is 0 Å². The maximum atomic E-state index is 10.5. The van der Waals surface area contributed by atoms with Crippen LogP contribution in [0.4, 0.5) is 0 Å². The van der Waals surface area contributed by atoms with E-state index in [0.29, 0.717) is 6.54 Å². The molecule has 1 unspecified atom stereocenters. The monoisotopic (exact) mass is 157 g/mol. The van der Waals surface area contributed by atoms with Gasteiger partial charge in [0.1, 0.15) is 0 Å². The molecule has 11 heavy (non-hydrogen) atoms. The Morgan fingerprint density at radius 1 is 1.73 bits per heavy atom. The highest BCUT2D eigenvalue weighted by Crippen LogP contribution is 2.09. The molecule has 0 radical (unpaired) electrons. The Balaban J connectivity index is 2.64. The van der Waals surface area contributed by atoms with Crippen molar-refractivity contribution in [2.75, 3.05) is 13.2 Å². The Hall–Kier alpha value is -0.870. The van der Waals surface area contributed by atoms with Crippen LogP contribution in [0.25, 0.3) is 0 Å². The summed E-state index contributed by atoms with van der Waals surface area (Å²) in [5.41, 5.74) is 0. The molecule has 62 valence electrons. The molecular weight excluding hydrogens is 146 g/mol. The molecule has 0 aromatic carbocycles. The summed E-state index contributed by atoms with van der Waals surface area (Å²) < 4.78 is 0. The van der Waals surface area contributed by atoms with Crippen LogP contribution in [0.5, 0.6) is 0 Å². The highest BCUT2D eigenvalue weighted by molar-refractivity contribution is 5.73. The van der Waals surface area contributed by atoms with Crippen LogP contribution in [0.15, 0.2) is 12.2 Å². The molecule has 0 aliphatic carbocycles. The van der Waals surface area contributed by atoms with Crippen molar-refractivity contribution in [1.82, 2.24) is 5.32 Å². The molecule has 0 aromatic heterocycles. The molecule has 1 aliphatic heterocycles. The summed E-state index contributed by atoms with van der Waals surface area (Å²) in [6.07, 6.45) is 3.37. The minimum absolute atomic E-state index is 0.138. The average Bonchev–Trinajstić information content (AvgIpc) is 2.04. The van der Waals surface area contributed by atoms with E-state index in [-0.39, 0.29) is 12.6 Å². The van der Waals surface area contributed by atoms with Gasteiger partial charge in [0.15, 0.2) is 0 Å². The molecule has 3 N–H and O–H groups in total. The normalized spacial score (nSPS) is 30.3. The van der Waals surface area contributed by atoms with E-state index in [9.17, 15) is 4.79 Å². The summed E-state index contributed by atoms with van der Waals surface area (Å²) in [6.45, 7) is 0.496. The van der Waals surface area contributed by atoms with Crippen LogP contribution < -0.4 is 5.32 Å². The number of aliphatic hydroxyl groups is 1. The number of aliphatic carboxylic acids is 1. The van der Waals surface area contributed by atoms with Crippen LogP contribution in [-0.4, -0.2) is 35.4 Å². The van der Waals surface area contributed by atoms with Gasteiger partial charge in [0, 0.05) is 12.6 Å². The van der Waals surface area contributed by atoms with E-state index in [2.05, 4.69) is 5.32 Å². The predicted molar refractivity (Wildman–Crippen MR) is 39.1 cm³/mol. The van der Waals surface area contributed by atoms with Gasteiger partial charge in [0.2, 0.25) is 0 Å². The van der Waals surface area contributed by atoms with Crippen LogP contribution in [0, 0.1) is 5.92 Å². The molecule has 2 atom stereocenters. The highest BCUT2D eigenvalue weighted by Gasteiger charge is 2.26. The quantitative estimate of drug-likeness (QED) is 0.459. The van der Waals surface area contributed by atoms with E-state index in [4.69, 9.17) is 10.2 Å². The molecule has 0 amide bonds. The zero-order chi connectivity index (χ0) is 8.27. The molecule has 4 nitrogen and oxygen atoms in total. The SMILES string of the molecule is O=C(O)C1C=CCN[C@@H]1CO. The van der Waals surface area contributed by atoms with Gasteiger partial charge in [0.25, 0.3) is 0 Å². The third-order valence-corrected chi connectivity index (χ3v) is 1.76. The first-order chi connectivity index (χ1) is 5.25. The fourth-order valence-electron chi connectivity index (χ4n) is 1.13. The Labute approximate surface area is 64.5 Å². The zero-order valence-electron chi connectivity index (χ0n) is 6.03. The summed E-state index contributed by atoms with van der Waals surface area (Å²) in [6, 6.07) is -0.336. The van der Waals surface area contributed by atoms with Crippen molar-refractivity contribution < 1.29 is 15.0 Å². The number of aliphatic hydroxyl groups excluding tert-OH is 1. The zero-order valence-corrected chi connectivity index (χ0v) is 6.03. The summed E-state index contributed by atoms with van der Waals surface area (Å²) in [7, 11) is 0. The molecule has 1 rings (SSSR count). The Bertz CT molecular complexity index is 179. The molecule has 0 saturated heterocycles. The van der Waals surface area contributed by atoms with Crippen molar-refractivity contribution in [3.05, 3.63) is 12.2 Å². The average molecular weight is 157 g/mol. The van der Waals surface area contributed by atoms with E-state index in [1.165, 1.54) is 0 Å². The number of carbonyl (C=O) groups is 1. The molecule has 0 bridgehead atoms. The molecule has 4 heteroatoms. The second kappa shape index (κ2) is 3.50. The molecule has 1 heterocycles. The van der Waals surface area contributed by atoms with Crippen molar-refractivity contribution in [2.45, 2.75) is 6.04 Å². The molecule has 0 fully saturated rings. The Morgan fingerprint density at radius 3 is 2.91 bits per heavy atom. The second-order valence-corrected chi connectivity index (χ2v) is 2.49. The van der Waals surface area contributed by atoms with Gasteiger partial charge >= 0.3 is 5.97 Å². The van der Waals surface area contributed by atoms with Crippen LogP contribution in [0.1, 0.15) is 0 Å². The van der Waals surface area contributed by atoms with Gasteiger partial charge in [-0.25, -0.2) is 0 Å². The number of nitrogens with one attached hydrogen (secondary N) is 1. The summed E-state index contributed by atoms with van der Waals surface area (Å²) in [4.78, 5) is 10.5. The maximum absolute atomic E-state index is 10.5. The minimum atomic E-state index is -0.896. The Morgan fingerprint density at radius 2 is 2.45 bits per heavy atom. The van der Waals surface area contributed by atoms with Gasteiger partial charge in [-0.1, -0.05) is 12.2 Å². The standard InChI is InChI=1S/C7H11NO3/c9-4-6-5(7(10)11)2-1-3-8-6/h1-2,5-6,8-9H,3-4H2,(H,10,11)/t5?,6-/m1/s1. The maximum Gasteiger partial charge on any atom is 0.312 e. The summed E-state index contributed by atoms with van der Waals surface area (Å²) in [5, 5.41) is 20.3. The number of rotatable bonds is 2. The first-order valence-electron chi connectivity index (χ1n) is 3.49. The van der Waals surface area contributed by atoms with Crippen LogP contribution in [0.2, 0.25) is 0 Å². The fourth-order valence-corrected chi connectivity index (χ4v) is 1.13. The van der Waals surface area contributed by atoms with Crippen molar-refractivity contribution in [2.24, 2.45) is 5.92 Å². The first kappa shape index (κ1) is 8.23. The topological polar surface area (TPSA) is 69.6 Å². The number of hydrogen-bond acceptors (Lipinski definition) is 3. The number of carboxylic acids is 1. The van der Waals surface area contributed by atoms with E-state index < -0.39 is 11.9 Å². The lowest BCUT2D eigenvalue weighted by Crippen LogP contribution is -2.44. The second-order valence-electron chi connectivity index (χ2n) is 2.49. The smallest absolute Gasteiger partial charge is 0.312 e. The lowest BCUT2D eigenvalue weighted by Gasteiger charge is -2.23. The lowest BCUT2D eigenvalue weighted by molar-refractivity contribution is -0.141. The van der Waals surface area contributed by atoms with Crippen molar-refractivity contribution in [3.8, 4) is 0 Å². The Kier molecular flexibility index (Phi) is 2.62. The summed E-state index contributed by atoms with van der Waals surface area (Å²) in [5.74, 6) is -1.48. The van der Waals surface area contributed by atoms with Gasteiger partial charge in [-0.3, -0.25) is 4.79 Å². The van der Waals surface area contributed by atoms with Crippen LogP contribution >= 0.6 is 0 Å². The fraction of sp³-hybridized carbons (Fsp3) is 0.571. The summed E-state index contributed by atoms with van der Waals surface area (Å²) >= 11 is 0. The van der Waals surface area contributed by atoms with Crippen LogP contribution in [0.3, 0.4) is 0 Å². The largest absolute Gasteiger partial charge is 0.481 e. The van der Waals surface area contributed by atoms with Gasteiger partial charge in [0.05, 0.1) is 12.5 Å². The molecule has 1 aliphatic rings. The minimum Gasteiger partial charge on any atom is -0.481 e. The van der Waals surface area contributed by atoms with Gasteiger partial charge < -0.3 is 15.5 Å². The third kappa shape index (κ3) is 1.78. The van der Waals surface area contributed by atoms with Gasteiger partial charge in [-0.05, 0) is 0 Å². The lowest BCUT2D eigenvalue weighted by atomic mass is 9.97. The van der Waals surface area contributed by atoms with Crippen molar-refractivity contribution in [1.29, 1.82) is 0 Å². The van der Waals surface area contributed by atoms with E-state index in [1.807, 2.05) is 0 Å². The van der Waals surface area contributed by atoms with E-state index in [1.54, 1.807) is 12.2 Å². The van der Waals surface area contributed by atoms with E-state index >= 15 is 0 Å². The van der Waals surface area contributed by atoms with E-state index in [0.717, 1.165) is 0 Å². The predicted octanol–water partition coefficient (Wildman–Crippen LogP) is -0.792.